The van der Waals surface area contributed by atoms with E-state index >= 15 is 0 Å². The number of hydrogen-bond acceptors (Lipinski definition) is 3. The first-order chi connectivity index (χ1) is 9.25. The molecule has 0 heterocycles. The topological polar surface area (TPSA) is 64.4 Å². The lowest BCUT2D eigenvalue weighted by atomic mass is 10.1. The van der Waals surface area contributed by atoms with Crippen LogP contribution in [0.4, 0.5) is 13.2 Å². The molecule has 4 N–H and O–H groups in total. The van der Waals surface area contributed by atoms with Gasteiger partial charge in [-0.25, -0.2) is 0 Å². The first-order valence-electron chi connectivity index (χ1n) is 5.84. The molecule has 0 aliphatic carbocycles. The van der Waals surface area contributed by atoms with Crippen LogP contribution in [0, 0.1) is 0 Å². The maximum atomic E-state index is 12.6. The smallest absolute Gasteiger partial charge is 0.397 e. The average Bonchev–Trinajstić information content (AvgIpc) is 2.38. The molecule has 1 atom stereocenters. The summed E-state index contributed by atoms with van der Waals surface area (Å²) in [6.45, 7) is 5.27. The van der Waals surface area contributed by atoms with Gasteiger partial charge in [-0.05, 0) is 30.7 Å². The van der Waals surface area contributed by atoms with E-state index in [4.69, 9.17) is 11.5 Å². The molecule has 1 rings (SSSR count). The molecule has 0 aliphatic rings. The highest BCUT2D eigenvalue weighted by Gasteiger charge is 2.30. The van der Waals surface area contributed by atoms with Gasteiger partial charge < -0.3 is 11.5 Å². The predicted octanol–water partition coefficient (Wildman–Crippen LogP) is 2.94. The number of hydrogen-bond donors (Lipinski definition) is 2. The summed E-state index contributed by atoms with van der Waals surface area (Å²) >= 11 is 0. The first-order valence-corrected chi connectivity index (χ1v) is 5.84. The summed E-state index contributed by atoms with van der Waals surface area (Å²) in [4.78, 5) is 4.02. The summed E-state index contributed by atoms with van der Waals surface area (Å²) in [6.07, 6.45) is -1.66. The molecule has 0 fully saturated rings. The van der Waals surface area contributed by atoms with Crippen LogP contribution in [0.1, 0.15) is 18.1 Å². The van der Waals surface area contributed by atoms with E-state index < -0.39 is 11.7 Å². The van der Waals surface area contributed by atoms with E-state index in [9.17, 15) is 13.2 Å². The molecule has 1 aromatic rings. The second-order valence-electron chi connectivity index (χ2n) is 4.21. The molecular formula is C14H16F3N3. The molecule has 0 aliphatic heterocycles. The Labute approximate surface area is 115 Å². The van der Waals surface area contributed by atoms with Crippen molar-refractivity contribution in [2.45, 2.75) is 19.1 Å². The van der Waals surface area contributed by atoms with Gasteiger partial charge in [-0.3, -0.25) is 4.99 Å². The molecule has 108 valence electrons. The molecule has 0 amide bonds. The zero-order valence-corrected chi connectivity index (χ0v) is 11.0. The number of halogens is 3. The normalized spacial score (nSPS) is 15.1. The third-order valence-corrected chi connectivity index (χ3v) is 2.55. The highest BCUT2D eigenvalue weighted by atomic mass is 19.4. The highest BCUT2D eigenvalue weighted by Crippen LogP contribution is 2.30. The van der Waals surface area contributed by atoms with Crippen LogP contribution in [0.2, 0.25) is 0 Å². The predicted molar refractivity (Wildman–Crippen MR) is 74.9 cm³/mol. The largest absolute Gasteiger partial charge is 0.416 e. The van der Waals surface area contributed by atoms with E-state index in [0.29, 0.717) is 5.71 Å². The van der Waals surface area contributed by atoms with Crippen molar-refractivity contribution in [2.24, 2.45) is 16.5 Å². The minimum Gasteiger partial charge on any atom is -0.397 e. The van der Waals surface area contributed by atoms with Crippen LogP contribution < -0.4 is 11.5 Å². The van der Waals surface area contributed by atoms with Gasteiger partial charge in [0, 0.05) is 6.04 Å². The van der Waals surface area contributed by atoms with Gasteiger partial charge in [0.15, 0.2) is 0 Å². The van der Waals surface area contributed by atoms with Gasteiger partial charge >= 0.3 is 6.18 Å². The molecule has 20 heavy (non-hydrogen) atoms. The van der Waals surface area contributed by atoms with Crippen LogP contribution in [0.25, 0.3) is 5.70 Å². The Morgan fingerprint density at radius 1 is 1.40 bits per heavy atom. The number of nitrogens with two attached hydrogens (primary N) is 2. The third-order valence-electron chi connectivity index (χ3n) is 2.55. The zero-order chi connectivity index (χ0) is 15.3. The lowest BCUT2D eigenvalue weighted by Gasteiger charge is -2.08. The average molecular weight is 283 g/mol. The van der Waals surface area contributed by atoms with E-state index in [-0.39, 0.29) is 17.3 Å². The summed E-state index contributed by atoms with van der Waals surface area (Å²) in [5, 5.41) is 0. The molecule has 1 unspecified atom stereocenters. The second-order valence-corrected chi connectivity index (χ2v) is 4.21. The minimum absolute atomic E-state index is 0.121. The Morgan fingerprint density at radius 2 is 2.05 bits per heavy atom. The molecule has 0 radical (unpaired) electrons. The van der Waals surface area contributed by atoms with Gasteiger partial charge in [0.1, 0.15) is 0 Å². The van der Waals surface area contributed by atoms with Crippen LogP contribution in [-0.2, 0) is 6.18 Å². The first kappa shape index (κ1) is 16.0. The SMILES string of the molecule is C=CC(=N/C=C(\N)c1cccc(C(F)(F)F)c1)C(C)N. The third kappa shape index (κ3) is 4.24. The van der Waals surface area contributed by atoms with E-state index in [1.54, 1.807) is 6.92 Å². The number of rotatable bonds is 4. The van der Waals surface area contributed by atoms with Gasteiger partial charge in [-0.2, -0.15) is 13.2 Å². The lowest BCUT2D eigenvalue weighted by molar-refractivity contribution is -0.137. The Bertz CT molecular complexity index is 543. The van der Waals surface area contributed by atoms with Gasteiger partial charge in [0.25, 0.3) is 0 Å². The van der Waals surface area contributed by atoms with Gasteiger partial charge in [0.2, 0.25) is 0 Å². The van der Waals surface area contributed by atoms with Crippen molar-refractivity contribution in [3.05, 3.63) is 54.2 Å². The molecule has 0 spiro atoms. The van der Waals surface area contributed by atoms with E-state index in [1.807, 2.05) is 0 Å². The molecule has 1 aromatic carbocycles. The van der Waals surface area contributed by atoms with Crippen molar-refractivity contribution >= 4 is 11.4 Å². The fraction of sp³-hybridized carbons (Fsp3) is 0.214. The Hall–Kier alpha value is -2.08. The summed E-state index contributed by atoms with van der Waals surface area (Å²) in [7, 11) is 0. The quantitative estimate of drug-likeness (QED) is 0.834. The van der Waals surface area contributed by atoms with Crippen molar-refractivity contribution in [2.75, 3.05) is 0 Å². The van der Waals surface area contributed by atoms with Crippen LogP contribution in [0.5, 0.6) is 0 Å². The summed E-state index contributed by atoms with van der Waals surface area (Å²) < 4.78 is 37.8. The van der Waals surface area contributed by atoms with Crippen LogP contribution in [0.15, 0.2) is 48.1 Å². The molecule has 0 saturated heterocycles. The fourth-order valence-corrected chi connectivity index (χ4v) is 1.45. The number of aliphatic imine (C=N–C) groups is 1. The van der Waals surface area contributed by atoms with Crippen LogP contribution in [-0.4, -0.2) is 11.8 Å². The maximum Gasteiger partial charge on any atom is 0.416 e. The van der Waals surface area contributed by atoms with Crippen molar-refractivity contribution in [1.29, 1.82) is 0 Å². The Balaban J connectivity index is 3.09. The van der Waals surface area contributed by atoms with Crippen molar-refractivity contribution < 1.29 is 13.2 Å². The summed E-state index contributed by atoms with van der Waals surface area (Å²) in [5.41, 5.74) is 11.5. The monoisotopic (exact) mass is 283 g/mol. The zero-order valence-electron chi connectivity index (χ0n) is 11.0. The van der Waals surface area contributed by atoms with Gasteiger partial charge in [-0.1, -0.05) is 18.7 Å². The van der Waals surface area contributed by atoms with Gasteiger partial charge in [-0.15, -0.1) is 0 Å². The van der Waals surface area contributed by atoms with Crippen molar-refractivity contribution in [3.8, 4) is 0 Å². The number of alkyl halides is 3. The van der Waals surface area contributed by atoms with Gasteiger partial charge in [0.05, 0.1) is 23.2 Å². The van der Waals surface area contributed by atoms with E-state index in [2.05, 4.69) is 11.6 Å². The van der Waals surface area contributed by atoms with Crippen LogP contribution in [0.3, 0.4) is 0 Å². The van der Waals surface area contributed by atoms with Crippen molar-refractivity contribution in [3.63, 3.8) is 0 Å². The molecule has 6 heteroatoms. The Morgan fingerprint density at radius 3 is 2.55 bits per heavy atom. The lowest BCUT2D eigenvalue weighted by Crippen LogP contribution is -2.24. The standard InChI is InChI=1S/C14H16F3N3/c1-3-13(9(2)18)20-8-12(19)10-5-4-6-11(7-10)14(15,16)17/h3-9H,1,18-19H2,2H3/b12-8-,20-13?. The van der Waals surface area contributed by atoms with E-state index in [0.717, 1.165) is 12.1 Å². The molecule has 3 nitrogen and oxygen atoms in total. The summed E-state index contributed by atoms with van der Waals surface area (Å²) in [5.74, 6) is 0. The maximum absolute atomic E-state index is 12.6. The highest BCUT2D eigenvalue weighted by molar-refractivity contribution is 5.99. The fourth-order valence-electron chi connectivity index (χ4n) is 1.45. The number of benzene rings is 1. The second kappa shape index (κ2) is 6.38. The van der Waals surface area contributed by atoms with Crippen molar-refractivity contribution in [1.82, 2.24) is 0 Å². The van der Waals surface area contributed by atoms with E-state index in [1.165, 1.54) is 24.4 Å². The molecule has 0 bridgehead atoms. The summed E-state index contributed by atoms with van der Waals surface area (Å²) in [6, 6.07) is 4.40. The molecule has 0 saturated carbocycles. The van der Waals surface area contributed by atoms with Crippen LogP contribution >= 0.6 is 0 Å². The minimum atomic E-state index is -4.41. The molecule has 0 aromatic heterocycles. The Kier molecular flexibility index (Phi) is 5.10. The molecular weight excluding hydrogens is 267 g/mol. The number of nitrogens with zero attached hydrogens (tertiary/aromatic N) is 1.